The Balaban J connectivity index is 1.43. The van der Waals surface area contributed by atoms with Crippen LogP contribution in [0.3, 0.4) is 0 Å². The van der Waals surface area contributed by atoms with Crippen molar-refractivity contribution in [3.05, 3.63) is 77.8 Å². The standard InChI is InChI=1S/C27H24N4O3S/c1-3-23-27(33)31(15-25(32)29-19-10-7-17(2)8-11-19)22-14-18(9-12-24(22)34-23)21-16-35-26(30-21)20-6-4-5-13-28-20/h4-14,16,23H,3,15H2,1-2H3,(H,29,32). The molecule has 1 N–H and O–H groups in total. The molecule has 1 atom stereocenters. The normalized spacial score (nSPS) is 14.9. The van der Waals surface area contributed by atoms with Gasteiger partial charge in [-0.15, -0.1) is 11.3 Å². The maximum absolute atomic E-state index is 13.2. The molecule has 7 nitrogen and oxygen atoms in total. The highest BCUT2D eigenvalue weighted by atomic mass is 32.1. The van der Waals surface area contributed by atoms with Gasteiger partial charge >= 0.3 is 0 Å². The van der Waals surface area contributed by atoms with Crippen LogP contribution in [-0.2, 0) is 9.59 Å². The van der Waals surface area contributed by atoms with E-state index >= 15 is 0 Å². The number of benzene rings is 2. The van der Waals surface area contributed by atoms with Crippen LogP contribution in [0, 0.1) is 6.92 Å². The molecule has 4 aromatic rings. The first kappa shape index (κ1) is 22.7. The Morgan fingerprint density at radius 3 is 2.69 bits per heavy atom. The van der Waals surface area contributed by atoms with E-state index in [0.29, 0.717) is 23.5 Å². The number of hydrogen-bond donors (Lipinski definition) is 1. The van der Waals surface area contributed by atoms with Gasteiger partial charge < -0.3 is 10.1 Å². The van der Waals surface area contributed by atoms with E-state index in [1.54, 1.807) is 6.20 Å². The molecule has 0 radical (unpaired) electrons. The van der Waals surface area contributed by atoms with Crippen molar-refractivity contribution in [3.63, 3.8) is 0 Å². The van der Waals surface area contributed by atoms with Crippen LogP contribution in [0.5, 0.6) is 5.75 Å². The van der Waals surface area contributed by atoms with E-state index in [1.807, 2.05) is 79.9 Å². The molecular formula is C27H24N4O3S. The molecule has 2 aromatic carbocycles. The van der Waals surface area contributed by atoms with E-state index in [0.717, 1.165) is 27.5 Å². The van der Waals surface area contributed by atoms with Crippen molar-refractivity contribution < 1.29 is 14.3 Å². The van der Waals surface area contributed by atoms with Crippen LogP contribution < -0.4 is 15.0 Å². The number of nitrogens with one attached hydrogen (secondary N) is 1. The molecule has 2 amide bonds. The molecule has 3 heterocycles. The van der Waals surface area contributed by atoms with E-state index < -0.39 is 6.10 Å². The second-order valence-electron chi connectivity index (χ2n) is 8.29. The van der Waals surface area contributed by atoms with Gasteiger partial charge in [-0.1, -0.05) is 30.7 Å². The van der Waals surface area contributed by atoms with Crippen molar-refractivity contribution in [1.29, 1.82) is 0 Å². The third-order valence-corrected chi connectivity index (χ3v) is 6.62. The SMILES string of the molecule is CCC1Oc2ccc(-c3csc(-c4ccccn4)n3)cc2N(CC(=O)Nc2ccc(C)cc2)C1=O. The maximum atomic E-state index is 13.2. The molecule has 2 aromatic heterocycles. The smallest absolute Gasteiger partial charge is 0.268 e. The number of anilines is 2. The van der Waals surface area contributed by atoms with E-state index in [9.17, 15) is 9.59 Å². The molecule has 5 rings (SSSR count). The van der Waals surface area contributed by atoms with Gasteiger partial charge in [0.25, 0.3) is 5.91 Å². The highest BCUT2D eigenvalue weighted by molar-refractivity contribution is 7.13. The second-order valence-corrected chi connectivity index (χ2v) is 9.15. The largest absolute Gasteiger partial charge is 0.478 e. The summed E-state index contributed by atoms with van der Waals surface area (Å²) in [5.41, 5.74) is 4.76. The molecule has 0 aliphatic carbocycles. The average Bonchev–Trinajstić information content (AvgIpc) is 3.38. The summed E-state index contributed by atoms with van der Waals surface area (Å²) in [6.07, 6.45) is 1.62. The number of thiazole rings is 1. The number of pyridine rings is 1. The molecule has 1 unspecified atom stereocenters. The molecule has 176 valence electrons. The number of nitrogens with zero attached hydrogens (tertiary/aromatic N) is 3. The number of carbonyl (C=O) groups is 2. The minimum Gasteiger partial charge on any atom is -0.478 e. The summed E-state index contributed by atoms with van der Waals surface area (Å²) in [6, 6.07) is 18.9. The van der Waals surface area contributed by atoms with Gasteiger partial charge in [0.2, 0.25) is 5.91 Å². The zero-order valence-corrected chi connectivity index (χ0v) is 20.2. The van der Waals surface area contributed by atoms with Crippen LogP contribution in [0.2, 0.25) is 0 Å². The minimum absolute atomic E-state index is 0.112. The van der Waals surface area contributed by atoms with Crippen LogP contribution >= 0.6 is 11.3 Å². The number of ether oxygens (including phenoxy) is 1. The van der Waals surface area contributed by atoms with E-state index in [4.69, 9.17) is 9.72 Å². The molecule has 0 bridgehead atoms. The third-order valence-electron chi connectivity index (χ3n) is 5.75. The lowest BCUT2D eigenvalue weighted by atomic mass is 10.1. The lowest BCUT2D eigenvalue weighted by molar-refractivity contribution is -0.128. The molecule has 35 heavy (non-hydrogen) atoms. The Morgan fingerprint density at radius 2 is 1.94 bits per heavy atom. The predicted octanol–water partition coefficient (Wildman–Crippen LogP) is 5.32. The van der Waals surface area contributed by atoms with Gasteiger partial charge in [0.15, 0.2) is 6.10 Å². The fraction of sp³-hybridized carbons (Fsp3) is 0.185. The van der Waals surface area contributed by atoms with Gasteiger partial charge in [-0.25, -0.2) is 4.98 Å². The van der Waals surface area contributed by atoms with E-state index in [2.05, 4.69) is 10.3 Å². The maximum Gasteiger partial charge on any atom is 0.268 e. The highest BCUT2D eigenvalue weighted by Crippen LogP contribution is 2.39. The van der Waals surface area contributed by atoms with Crippen molar-refractivity contribution in [2.45, 2.75) is 26.4 Å². The quantitative estimate of drug-likeness (QED) is 0.400. The molecule has 1 aliphatic rings. The summed E-state index contributed by atoms with van der Waals surface area (Å²) in [4.78, 5) is 36.7. The molecule has 0 fully saturated rings. The fourth-order valence-electron chi connectivity index (χ4n) is 3.90. The minimum atomic E-state index is -0.629. The Kier molecular flexibility index (Phi) is 6.29. The lowest BCUT2D eigenvalue weighted by Gasteiger charge is -2.34. The molecule has 8 heteroatoms. The zero-order valence-electron chi connectivity index (χ0n) is 19.4. The average molecular weight is 485 g/mol. The number of fused-ring (bicyclic) bond motifs is 1. The molecule has 0 spiro atoms. The van der Waals surface area contributed by atoms with E-state index in [-0.39, 0.29) is 18.4 Å². The van der Waals surface area contributed by atoms with Crippen molar-refractivity contribution >= 4 is 34.5 Å². The summed E-state index contributed by atoms with van der Waals surface area (Å²) in [5, 5.41) is 5.65. The topological polar surface area (TPSA) is 84.4 Å². The highest BCUT2D eigenvalue weighted by Gasteiger charge is 2.34. The van der Waals surface area contributed by atoms with Crippen LogP contribution in [-0.4, -0.2) is 34.4 Å². The van der Waals surface area contributed by atoms with Gasteiger partial charge in [0, 0.05) is 22.8 Å². The number of aryl methyl sites for hydroxylation is 1. The van der Waals surface area contributed by atoms with Gasteiger partial charge in [-0.3, -0.25) is 19.5 Å². The first-order valence-electron chi connectivity index (χ1n) is 11.4. The Morgan fingerprint density at radius 1 is 1.11 bits per heavy atom. The Hall–Kier alpha value is -4.04. The molecule has 1 aliphatic heterocycles. The first-order chi connectivity index (χ1) is 17.0. The number of rotatable bonds is 6. The number of carbonyl (C=O) groups excluding carboxylic acids is 2. The lowest BCUT2D eigenvalue weighted by Crippen LogP contribution is -2.48. The number of amides is 2. The summed E-state index contributed by atoms with van der Waals surface area (Å²) in [5.74, 6) is 0.0635. The fourth-order valence-corrected chi connectivity index (χ4v) is 4.70. The van der Waals surface area contributed by atoms with Crippen molar-refractivity contribution in [2.75, 3.05) is 16.8 Å². The molecule has 0 saturated heterocycles. The van der Waals surface area contributed by atoms with Gasteiger partial charge in [0.05, 0.1) is 17.1 Å². The van der Waals surface area contributed by atoms with Crippen molar-refractivity contribution in [1.82, 2.24) is 9.97 Å². The summed E-state index contributed by atoms with van der Waals surface area (Å²) in [6.45, 7) is 3.76. The number of hydrogen-bond acceptors (Lipinski definition) is 6. The second kappa shape index (κ2) is 9.68. The first-order valence-corrected chi connectivity index (χ1v) is 12.3. The van der Waals surface area contributed by atoms with Gasteiger partial charge in [-0.2, -0.15) is 0 Å². The number of aromatic nitrogens is 2. The summed E-state index contributed by atoms with van der Waals surface area (Å²) < 4.78 is 5.95. The Labute approximate surface area is 207 Å². The third kappa shape index (κ3) is 4.79. The van der Waals surface area contributed by atoms with Crippen molar-refractivity contribution in [3.8, 4) is 27.7 Å². The molecule has 0 saturated carbocycles. The Bertz CT molecular complexity index is 1370. The van der Waals surface area contributed by atoms with Crippen LogP contribution in [0.4, 0.5) is 11.4 Å². The summed E-state index contributed by atoms with van der Waals surface area (Å²) >= 11 is 1.50. The van der Waals surface area contributed by atoms with Gasteiger partial charge in [0.1, 0.15) is 17.3 Å². The molecular weight excluding hydrogens is 460 g/mol. The van der Waals surface area contributed by atoms with Crippen LogP contribution in [0.25, 0.3) is 22.0 Å². The van der Waals surface area contributed by atoms with Crippen LogP contribution in [0.1, 0.15) is 18.9 Å². The summed E-state index contributed by atoms with van der Waals surface area (Å²) in [7, 11) is 0. The van der Waals surface area contributed by atoms with Crippen molar-refractivity contribution in [2.24, 2.45) is 0 Å². The van der Waals surface area contributed by atoms with E-state index in [1.165, 1.54) is 16.2 Å². The predicted molar refractivity (Wildman–Crippen MR) is 138 cm³/mol. The zero-order chi connectivity index (χ0) is 24.4. The van der Waals surface area contributed by atoms with Gasteiger partial charge in [-0.05, 0) is 55.8 Å². The monoisotopic (exact) mass is 484 g/mol. The van der Waals surface area contributed by atoms with Crippen LogP contribution in [0.15, 0.2) is 72.2 Å².